The SMILES string of the molecule is CO[C@]12CC[C@H](c3ccoc3)[C@@]1(C)CC[C@H]1[C@H]2CC[C@@H]2C[C@@H](OCCN3CCCC3)CC[C@@]21C.O=C(O)C(=O)O. The zero-order valence-electron chi connectivity index (χ0n) is 24.6. The zero-order chi connectivity index (χ0) is 28.5. The molecule has 224 valence electrons. The molecule has 40 heavy (non-hydrogen) atoms. The van der Waals surface area contributed by atoms with Gasteiger partial charge in [-0.15, -0.1) is 0 Å². The topological polar surface area (TPSA) is 109 Å². The Balaban J connectivity index is 0.000000487. The molecule has 0 unspecified atom stereocenters. The third kappa shape index (κ3) is 5.13. The monoisotopic (exact) mass is 559 g/mol. The lowest BCUT2D eigenvalue weighted by atomic mass is 9.43. The summed E-state index contributed by atoms with van der Waals surface area (Å²) in [4.78, 5) is 20.8. The molecule has 1 saturated heterocycles. The molecule has 0 radical (unpaired) electrons. The van der Waals surface area contributed by atoms with E-state index in [4.69, 9.17) is 33.7 Å². The summed E-state index contributed by atoms with van der Waals surface area (Å²) < 4.78 is 18.7. The van der Waals surface area contributed by atoms with Gasteiger partial charge in [-0.1, -0.05) is 13.8 Å². The number of hydrogen-bond donors (Lipinski definition) is 2. The molecule has 8 nitrogen and oxygen atoms in total. The van der Waals surface area contributed by atoms with Crippen molar-refractivity contribution in [1.82, 2.24) is 4.90 Å². The Bertz CT molecular complexity index is 1010. The molecule has 1 aliphatic heterocycles. The van der Waals surface area contributed by atoms with Gasteiger partial charge in [0.15, 0.2) is 0 Å². The van der Waals surface area contributed by atoms with Crippen LogP contribution in [-0.2, 0) is 19.1 Å². The Morgan fingerprint density at radius 3 is 2.40 bits per heavy atom. The van der Waals surface area contributed by atoms with Crippen LogP contribution in [-0.4, -0.2) is 72.1 Å². The molecule has 8 atom stereocenters. The second-order valence-electron chi connectivity index (χ2n) is 13.6. The fourth-order valence-electron chi connectivity index (χ4n) is 10.2. The molecule has 0 amide bonds. The maximum absolute atomic E-state index is 9.10. The first kappa shape index (κ1) is 29.6. The summed E-state index contributed by atoms with van der Waals surface area (Å²) in [6, 6.07) is 2.21. The zero-order valence-corrected chi connectivity index (χ0v) is 24.6. The molecule has 0 aromatic carbocycles. The van der Waals surface area contributed by atoms with Gasteiger partial charge in [-0.25, -0.2) is 9.59 Å². The number of carboxylic acid groups (broad SMARTS) is 2. The van der Waals surface area contributed by atoms with E-state index in [0.717, 1.165) is 25.0 Å². The van der Waals surface area contributed by atoms with E-state index in [-0.39, 0.29) is 11.0 Å². The molecule has 0 spiro atoms. The number of rotatable bonds is 6. The van der Waals surface area contributed by atoms with E-state index in [1.807, 2.05) is 19.6 Å². The highest BCUT2D eigenvalue weighted by atomic mass is 16.5. The average molecular weight is 560 g/mol. The highest BCUT2D eigenvalue weighted by molar-refractivity contribution is 6.27. The van der Waals surface area contributed by atoms with E-state index in [9.17, 15) is 0 Å². The van der Waals surface area contributed by atoms with Gasteiger partial charge in [0.05, 0.1) is 30.8 Å². The summed E-state index contributed by atoms with van der Waals surface area (Å²) in [5.41, 5.74) is 2.09. The summed E-state index contributed by atoms with van der Waals surface area (Å²) in [5.74, 6) is -0.763. The number of methoxy groups -OCH3 is 1. The Labute approximate surface area is 238 Å². The summed E-state index contributed by atoms with van der Waals surface area (Å²) in [7, 11) is 2.03. The van der Waals surface area contributed by atoms with Gasteiger partial charge in [0.2, 0.25) is 0 Å². The van der Waals surface area contributed by atoms with Gasteiger partial charge < -0.3 is 29.0 Å². The molecule has 2 N–H and O–H groups in total. The third-order valence-electron chi connectivity index (χ3n) is 12.2. The Morgan fingerprint density at radius 2 is 1.75 bits per heavy atom. The van der Waals surface area contributed by atoms with Crippen LogP contribution in [0.3, 0.4) is 0 Å². The van der Waals surface area contributed by atoms with Crippen molar-refractivity contribution in [2.75, 3.05) is 33.4 Å². The van der Waals surface area contributed by atoms with E-state index >= 15 is 0 Å². The van der Waals surface area contributed by atoms with Gasteiger partial charge in [0.25, 0.3) is 0 Å². The van der Waals surface area contributed by atoms with Crippen LogP contribution in [0.4, 0.5) is 0 Å². The van der Waals surface area contributed by atoms with E-state index in [1.54, 1.807) is 0 Å². The van der Waals surface area contributed by atoms with E-state index in [1.165, 1.54) is 89.3 Å². The van der Waals surface area contributed by atoms with Crippen LogP contribution in [0.2, 0.25) is 0 Å². The summed E-state index contributed by atoms with van der Waals surface area (Å²) in [5, 5.41) is 14.8. The smallest absolute Gasteiger partial charge is 0.414 e. The molecular weight excluding hydrogens is 510 g/mol. The number of carbonyl (C=O) groups is 2. The summed E-state index contributed by atoms with van der Waals surface area (Å²) >= 11 is 0. The number of hydrogen-bond acceptors (Lipinski definition) is 6. The van der Waals surface area contributed by atoms with Crippen LogP contribution >= 0.6 is 0 Å². The molecule has 1 aromatic rings. The second-order valence-corrected chi connectivity index (χ2v) is 13.6. The number of furan rings is 1. The lowest BCUT2D eigenvalue weighted by Gasteiger charge is -2.64. The van der Waals surface area contributed by atoms with Crippen molar-refractivity contribution in [1.29, 1.82) is 0 Å². The maximum atomic E-state index is 9.10. The number of nitrogens with zero attached hydrogens (tertiary/aromatic N) is 1. The predicted molar refractivity (Wildman–Crippen MR) is 150 cm³/mol. The van der Waals surface area contributed by atoms with Crippen LogP contribution in [0.15, 0.2) is 23.0 Å². The Morgan fingerprint density at radius 1 is 1.00 bits per heavy atom. The minimum atomic E-state index is -1.82. The highest BCUT2D eigenvalue weighted by Crippen LogP contribution is 2.71. The largest absolute Gasteiger partial charge is 0.473 e. The molecule has 0 bridgehead atoms. The summed E-state index contributed by atoms with van der Waals surface area (Å²) in [6.07, 6.45) is 18.8. The van der Waals surface area contributed by atoms with Crippen molar-refractivity contribution in [2.24, 2.45) is 28.6 Å². The minimum absolute atomic E-state index is 0.0227. The molecule has 6 rings (SSSR count). The number of aliphatic carboxylic acids is 2. The summed E-state index contributed by atoms with van der Waals surface area (Å²) in [6.45, 7) is 9.83. The van der Waals surface area contributed by atoms with E-state index < -0.39 is 11.9 Å². The van der Waals surface area contributed by atoms with Crippen molar-refractivity contribution in [3.05, 3.63) is 24.2 Å². The number of carboxylic acids is 2. The van der Waals surface area contributed by atoms with Crippen molar-refractivity contribution < 1.29 is 33.7 Å². The van der Waals surface area contributed by atoms with Crippen molar-refractivity contribution in [3.63, 3.8) is 0 Å². The van der Waals surface area contributed by atoms with Gasteiger partial charge in [0, 0.05) is 19.1 Å². The van der Waals surface area contributed by atoms with Crippen LogP contribution < -0.4 is 0 Å². The first-order valence-electron chi connectivity index (χ1n) is 15.5. The molecule has 8 heteroatoms. The van der Waals surface area contributed by atoms with Gasteiger partial charge in [0.1, 0.15) is 0 Å². The fraction of sp³-hybridized carbons (Fsp3) is 0.812. The Kier molecular flexibility index (Phi) is 8.70. The average Bonchev–Trinajstić information content (AvgIpc) is 3.70. The van der Waals surface area contributed by atoms with Crippen molar-refractivity contribution in [3.8, 4) is 0 Å². The second kappa shape index (κ2) is 11.8. The van der Waals surface area contributed by atoms with Crippen LogP contribution in [0, 0.1) is 28.6 Å². The first-order valence-corrected chi connectivity index (χ1v) is 15.5. The molecule has 4 aliphatic carbocycles. The van der Waals surface area contributed by atoms with E-state index in [0.29, 0.717) is 23.4 Å². The lowest BCUT2D eigenvalue weighted by Crippen LogP contribution is -2.62. The maximum Gasteiger partial charge on any atom is 0.414 e. The molecule has 1 aromatic heterocycles. The number of likely N-dealkylation sites (tertiary alicyclic amines) is 1. The van der Waals surface area contributed by atoms with Gasteiger partial charge in [-0.2, -0.15) is 0 Å². The normalized spacial score (nSPS) is 40.8. The highest BCUT2D eigenvalue weighted by Gasteiger charge is 2.68. The molecule has 5 fully saturated rings. The van der Waals surface area contributed by atoms with Crippen molar-refractivity contribution >= 4 is 11.9 Å². The molecular formula is C32H49NO7. The Hall–Kier alpha value is -1.90. The third-order valence-corrected chi connectivity index (χ3v) is 12.2. The molecule has 5 aliphatic rings. The van der Waals surface area contributed by atoms with E-state index in [2.05, 4.69) is 24.8 Å². The number of fused-ring (bicyclic) bond motifs is 5. The molecule has 2 heterocycles. The van der Waals surface area contributed by atoms with Gasteiger partial charge >= 0.3 is 11.9 Å². The van der Waals surface area contributed by atoms with Crippen LogP contribution in [0.1, 0.15) is 96.0 Å². The van der Waals surface area contributed by atoms with Gasteiger partial charge in [-0.05, 0) is 124 Å². The fourth-order valence-corrected chi connectivity index (χ4v) is 10.2. The standard InChI is InChI=1S/C30H47NO3.C2H2O4/c1-28-12-8-24(34-19-17-31-15-4-5-16-31)20-23(28)6-7-27-26(28)9-13-29(2)25(22-11-18-33-21-22)10-14-30(27,29)32-3;3-1(4)2(5)6/h11,18,21,23-27H,4-10,12-17,19-20H2,1-3H3;(H,3,4)(H,5,6)/t23-,24+,25-,26+,27-,28+,29-,30+;/m1./s1. The van der Waals surface area contributed by atoms with Gasteiger partial charge in [-0.3, -0.25) is 0 Å². The number of ether oxygens (including phenoxy) is 2. The van der Waals surface area contributed by atoms with Crippen molar-refractivity contribution in [2.45, 2.75) is 102 Å². The predicted octanol–water partition coefficient (Wildman–Crippen LogP) is 5.81. The lowest BCUT2D eigenvalue weighted by molar-refractivity contribution is -0.220. The minimum Gasteiger partial charge on any atom is -0.473 e. The quantitative estimate of drug-likeness (QED) is 0.420. The van der Waals surface area contributed by atoms with Crippen LogP contribution in [0.25, 0.3) is 0 Å². The first-order chi connectivity index (χ1) is 19.1. The van der Waals surface area contributed by atoms with Crippen LogP contribution in [0.5, 0.6) is 0 Å². The molecule has 4 saturated carbocycles.